The first-order valence-corrected chi connectivity index (χ1v) is 53.0. The van der Waals surface area contributed by atoms with Crippen LogP contribution in [0.2, 0.25) is 0 Å². The third-order valence-electron chi connectivity index (χ3n) is 32.4. The Morgan fingerprint density at radius 2 is 0.408 bits per heavy atom. The van der Waals surface area contributed by atoms with E-state index in [0.29, 0.717) is 5.95 Å². The maximum Gasteiger partial charge on any atom is 0.236 e. The molecule has 130 heavy (non-hydrogen) atoms. The number of aromatic nitrogens is 9. The molecule has 0 radical (unpaired) electrons. The number of rotatable bonds is 53. The minimum atomic E-state index is -0.0922. The van der Waals surface area contributed by atoms with Gasteiger partial charge in [0.1, 0.15) is 0 Å². The van der Waals surface area contributed by atoms with Crippen molar-refractivity contribution in [2.75, 3.05) is 158 Å². The fourth-order valence-electron chi connectivity index (χ4n) is 23.0. The van der Waals surface area contributed by atoms with Crippen molar-refractivity contribution < 1.29 is 5.71 Å². The smallest absolute Gasteiger partial charge is 0.236 e. The first-order valence-electron chi connectivity index (χ1n) is 53.0. The van der Waals surface area contributed by atoms with Gasteiger partial charge in [-0.3, -0.25) is 24.5 Å². The second-order valence-electron chi connectivity index (χ2n) is 47.2. The van der Waals surface area contributed by atoms with Crippen molar-refractivity contribution in [3.63, 3.8) is 0 Å². The maximum atomic E-state index is 6.19. The molecule has 5 fully saturated rings. The van der Waals surface area contributed by atoms with Crippen LogP contribution in [0.5, 0.6) is 0 Å². The van der Waals surface area contributed by atoms with Gasteiger partial charge in [-0.2, -0.15) is 44.9 Å². The normalized spacial score (nSPS) is 20.7. The summed E-state index contributed by atoms with van der Waals surface area (Å²) in [5.41, 5.74) is 5.47. The largest absolute Gasteiger partial charge is 0.341 e. The predicted octanol–water partition coefficient (Wildman–Crippen LogP) is 24.1. The standard InChI is InChI=1S/C107H199N23.4H2/c1-35-44-61-122(62-45-36-2)89-108-90(123(63-46-37-3)64-47-38-4)111-93(110-89)127(85-76-100(14,15)118(31)101(16,17)77-85)70-57-53-55-59-72-129(87-80-104(22,23)120(33)105(24,25)81-87)96-114-95(126(69-52-43-9)84-74-98(10,11)117(30)99(12,13)75-84)115-97(116-96)130(88-82-106(26,27)121(34)107(28,29)83-88)73-60-56-54-58-71-128(86-78-102(18,19)119(32)103(20,21)79-86)94-112-91(124(65-48-39-5)66-49-40-6)109-92(113-94)125(67-50-41-7)68-51-42-8;;;;/h61,84-88H,1,36-43,45-60,62-83H2,2-34H3;4*1H. The van der Waals surface area contributed by atoms with E-state index in [4.69, 9.17) is 44.9 Å². The van der Waals surface area contributed by atoms with Crippen LogP contribution in [0.15, 0.2) is 24.2 Å². The fourth-order valence-corrected chi connectivity index (χ4v) is 23.0. The Hall–Kier alpha value is -5.67. The molecule has 0 unspecified atom stereocenters. The highest BCUT2D eigenvalue weighted by atomic mass is 15.5. The number of hydrogen-bond donors (Lipinski definition) is 0. The molecule has 0 amide bonds. The SMILES string of the molecule is C=C=C=CN(CCCC)c1nc(N(CCCC)CCCC)nc(N(CCCCCCN(c2nc(N(CCCC)C3CC(C)(C)N(C)C(C)(C)C3)nc(N(CCCCCCN(c3nc(N(CCCC)CCCC)nc(N(CCCC)CCCC)n3)C3CC(C)(C)N(C)C(C)(C)C3)C3CC(C)(C)N(C)C(C)(C)C3)n2)C2CC(C)(C)N(C)C(C)(C)C2)C2CC(C)(C)N(C)C(C)(C)C2)n1.[HH].[HH].[HH].[HH]. The van der Waals surface area contributed by atoms with E-state index in [0.717, 1.165) is 344 Å². The topological polar surface area (TPSA) is 161 Å². The second-order valence-corrected chi connectivity index (χ2v) is 47.2. The van der Waals surface area contributed by atoms with E-state index < -0.39 is 0 Å². The van der Waals surface area contributed by atoms with Gasteiger partial charge in [-0.25, -0.2) is 0 Å². The fraction of sp³-hybridized carbons (Fsp3) is 0.879. The molecular formula is C107H207N23. The van der Waals surface area contributed by atoms with Crippen molar-refractivity contribution in [2.24, 2.45) is 0 Å². The Bertz CT molecular complexity index is 3840. The number of hydrogen-bond acceptors (Lipinski definition) is 23. The monoisotopic (exact) mass is 1810 g/mol. The van der Waals surface area contributed by atoms with Crippen LogP contribution >= 0.6 is 0 Å². The average molecular weight is 1820 g/mol. The Morgan fingerprint density at radius 3 is 0.608 bits per heavy atom. The van der Waals surface area contributed by atoms with E-state index in [1.54, 1.807) is 0 Å². The van der Waals surface area contributed by atoms with E-state index in [9.17, 15) is 0 Å². The lowest BCUT2D eigenvalue weighted by Gasteiger charge is -2.56. The summed E-state index contributed by atoms with van der Waals surface area (Å²) in [4.78, 5) is 88.4. The minimum Gasteiger partial charge on any atom is -0.341 e. The van der Waals surface area contributed by atoms with Gasteiger partial charge < -0.3 is 44.1 Å². The van der Waals surface area contributed by atoms with Crippen LogP contribution in [0.3, 0.4) is 0 Å². The average Bonchev–Trinajstić information content (AvgIpc) is 0.759. The summed E-state index contributed by atoms with van der Waals surface area (Å²) in [6, 6.07) is 1.03. The zero-order chi connectivity index (χ0) is 96.2. The van der Waals surface area contributed by atoms with Crippen LogP contribution in [0.1, 0.15) is 418 Å². The van der Waals surface area contributed by atoms with E-state index in [-0.39, 0.29) is 91.3 Å². The Labute approximate surface area is 804 Å². The van der Waals surface area contributed by atoms with E-state index in [2.05, 4.69) is 316 Å². The zero-order valence-electron chi connectivity index (χ0n) is 90.5. The third kappa shape index (κ3) is 28.7. The van der Waals surface area contributed by atoms with Crippen molar-refractivity contribution in [3.8, 4) is 0 Å². The highest BCUT2D eigenvalue weighted by Crippen LogP contribution is 2.48. The number of piperidine rings is 5. The predicted molar refractivity (Wildman–Crippen MR) is 567 cm³/mol. The van der Waals surface area contributed by atoms with E-state index in [1.165, 1.54) is 0 Å². The van der Waals surface area contributed by atoms with Gasteiger partial charge in [-0.1, -0.05) is 144 Å². The number of anilines is 9. The number of unbranched alkanes of at least 4 members (excludes halogenated alkanes) is 14. The quantitative estimate of drug-likeness (QED) is 0.0387. The van der Waals surface area contributed by atoms with Crippen LogP contribution in [0, 0.1) is 0 Å². The summed E-state index contributed by atoms with van der Waals surface area (Å²) in [6.07, 6.45) is 37.8. The van der Waals surface area contributed by atoms with Crippen LogP contribution in [-0.2, 0) is 0 Å². The molecule has 3 aromatic heterocycles. The Kier molecular flexibility index (Phi) is 40.4. The summed E-state index contributed by atoms with van der Waals surface area (Å²) in [6.45, 7) is 82.3. The van der Waals surface area contributed by atoms with Crippen molar-refractivity contribution in [2.45, 2.75) is 498 Å². The van der Waals surface area contributed by atoms with Gasteiger partial charge in [0, 0.05) is 170 Å². The minimum absolute atomic E-state index is 0. The molecule has 5 aliphatic heterocycles. The summed E-state index contributed by atoms with van der Waals surface area (Å²) in [7, 11) is 11.8. The molecule has 0 saturated carbocycles. The summed E-state index contributed by atoms with van der Waals surface area (Å²) >= 11 is 0. The molecule has 750 valence electrons. The number of nitrogens with zero attached hydrogens (tertiary/aromatic N) is 23. The molecule has 8 rings (SSSR count). The molecule has 5 aliphatic rings. The van der Waals surface area contributed by atoms with Crippen molar-refractivity contribution in [3.05, 3.63) is 24.2 Å². The summed E-state index contributed by atoms with van der Waals surface area (Å²) < 4.78 is 0. The lowest BCUT2D eigenvalue weighted by atomic mass is 9.77. The Balaban J connectivity index is 0.00000938. The molecule has 5 saturated heterocycles. The first kappa shape index (κ1) is 110. The molecule has 3 aromatic rings. The molecular weight excluding hydrogens is 1610 g/mol. The lowest BCUT2D eigenvalue weighted by molar-refractivity contribution is -0.0136. The van der Waals surface area contributed by atoms with Crippen LogP contribution in [-0.4, -0.2) is 269 Å². The highest BCUT2D eigenvalue weighted by molar-refractivity contribution is 5.52. The number of likely N-dealkylation sites (tertiary alicyclic amines) is 5. The lowest BCUT2D eigenvalue weighted by Crippen LogP contribution is -2.63. The third-order valence-corrected chi connectivity index (χ3v) is 32.4. The van der Waals surface area contributed by atoms with E-state index in [1.807, 2.05) is 6.20 Å². The first-order chi connectivity index (χ1) is 61.1. The van der Waals surface area contributed by atoms with Gasteiger partial charge in [-0.15, -0.1) is 0 Å². The second kappa shape index (κ2) is 47.9. The molecule has 0 bridgehead atoms. The van der Waals surface area contributed by atoms with Crippen LogP contribution in [0.25, 0.3) is 0 Å². The van der Waals surface area contributed by atoms with Crippen LogP contribution in [0.4, 0.5) is 53.5 Å². The molecule has 0 aliphatic carbocycles. The van der Waals surface area contributed by atoms with E-state index >= 15 is 0 Å². The maximum absolute atomic E-state index is 6.19. The van der Waals surface area contributed by atoms with Crippen molar-refractivity contribution in [1.82, 2.24) is 69.4 Å². The van der Waals surface area contributed by atoms with Crippen LogP contribution < -0.4 is 44.1 Å². The molecule has 23 heteroatoms. The summed E-state index contributed by atoms with van der Waals surface area (Å²) in [5.74, 6) is 7.39. The molecule has 0 spiro atoms. The summed E-state index contributed by atoms with van der Waals surface area (Å²) in [5, 5.41) is 0. The van der Waals surface area contributed by atoms with Crippen molar-refractivity contribution >= 4 is 53.5 Å². The Morgan fingerprint density at radius 1 is 0.246 bits per heavy atom. The molecule has 0 N–H and O–H groups in total. The highest BCUT2D eigenvalue weighted by Gasteiger charge is 2.52. The molecule has 8 heterocycles. The van der Waals surface area contributed by atoms with Gasteiger partial charge in [-0.05, 0) is 322 Å². The van der Waals surface area contributed by atoms with Gasteiger partial charge in [0.05, 0.1) is 6.20 Å². The van der Waals surface area contributed by atoms with Gasteiger partial charge in [0.2, 0.25) is 53.5 Å². The van der Waals surface area contributed by atoms with Gasteiger partial charge >= 0.3 is 0 Å². The zero-order valence-corrected chi connectivity index (χ0v) is 90.5. The van der Waals surface area contributed by atoms with Gasteiger partial charge in [0.15, 0.2) is 0 Å². The van der Waals surface area contributed by atoms with Gasteiger partial charge in [0.25, 0.3) is 0 Å². The van der Waals surface area contributed by atoms with Crippen molar-refractivity contribution in [1.29, 1.82) is 0 Å². The molecule has 0 atom stereocenters. The molecule has 23 nitrogen and oxygen atoms in total. The molecule has 0 aromatic carbocycles.